The summed E-state index contributed by atoms with van der Waals surface area (Å²) in [5.74, 6) is -0.259. The predicted molar refractivity (Wildman–Crippen MR) is 103 cm³/mol. The highest BCUT2D eigenvalue weighted by molar-refractivity contribution is 6.34. The Bertz CT molecular complexity index is 764. The van der Waals surface area contributed by atoms with Crippen LogP contribution in [0.25, 0.3) is 11.3 Å². The summed E-state index contributed by atoms with van der Waals surface area (Å²) in [5.41, 5.74) is 2.29. The van der Waals surface area contributed by atoms with Gasteiger partial charge in [-0.3, -0.25) is 9.89 Å². The van der Waals surface area contributed by atoms with Gasteiger partial charge in [0.25, 0.3) is 5.91 Å². The van der Waals surface area contributed by atoms with E-state index in [-0.39, 0.29) is 12.5 Å². The van der Waals surface area contributed by atoms with Gasteiger partial charge in [-0.15, -0.1) is 0 Å². The number of H-pyrrole nitrogens is 1. The number of carbonyl (C=O) groups excluding carboxylic acids is 1. The molecule has 2 aromatic rings. The van der Waals surface area contributed by atoms with Crippen molar-refractivity contribution < 1.29 is 9.90 Å². The lowest BCUT2D eigenvalue weighted by Crippen LogP contribution is -2.42. The number of nitrogens with one attached hydrogen (secondary N) is 2. The normalized spacial score (nSPS) is 16.9. The zero-order valence-corrected chi connectivity index (χ0v) is 15.9. The topological polar surface area (TPSA) is 78.0 Å². The Balaban J connectivity index is 1.73. The molecule has 6 heteroatoms. The first-order chi connectivity index (χ1) is 12.5. The number of aryl methyl sites for hydroxylation is 1. The molecule has 1 amide bonds. The summed E-state index contributed by atoms with van der Waals surface area (Å²) in [6.07, 6.45) is 6.60. The maximum atomic E-state index is 12.6. The van der Waals surface area contributed by atoms with E-state index >= 15 is 0 Å². The standard InChI is InChI=1S/C20H26ClN3O2/c1-2-15-12-18(24-23-15)14-7-8-17(21)16(11-14)19(25)22-13-20(26)9-5-3-4-6-10-20/h7-8,11-12,26H,2-6,9-10,13H2,1H3,(H,22,25)(H,23,24). The molecule has 3 rings (SSSR count). The van der Waals surface area contributed by atoms with Crippen LogP contribution in [0.3, 0.4) is 0 Å². The number of nitrogens with zero attached hydrogens (tertiary/aromatic N) is 1. The molecule has 0 bridgehead atoms. The molecule has 1 fully saturated rings. The van der Waals surface area contributed by atoms with Gasteiger partial charge >= 0.3 is 0 Å². The summed E-state index contributed by atoms with van der Waals surface area (Å²) in [5, 5.41) is 21.2. The highest BCUT2D eigenvalue weighted by Gasteiger charge is 2.28. The molecule has 0 saturated heterocycles. The quantitative estimate of drug-likeness (QED) is 0.688. The lowest BCUT2D eigenvalue weighted by Gasteiger charge is -2.26. The predicted octanol–water partition coefficient (Wildman–Crippen LogP) is 4.11. The van der Waals surface area contributed by atoms with Gasteiger partial charge in [0.1, 0.15) is 0 Å². The molecular weight excluding hydrogens is 350 g/mol. The van der Waals surface area contributed by atoms with Gasteiger partial charge in [-0.25, -0.2) is 0 Å². The van der Waals surface area contributed by atoms with Gasteiger partial charge in [0.2, 0.25) is 0 Å². The van der Waals surface area contributed by atoms with Gasteiger partial charge in [0, 0.05) is 12.1 Å². The number of halogens is 1. The van der Waals surface area contributed by atoms with Crippen molar-refractivity contribution in [1.82, 2.24) is 15.5 Å². The lowest BCUT2D eigenvalue weighted by molar-refractivity contribution is 0.0246. The van der Waals surface area contributed by atoms with Crippen LogP contribution in [0, 0.1) is 0 Å². The van der Waals surface area contributed by atoms with Crippen LogP contribution in [0.1, 0.15) is 61.5 Å². The molecule has 0 aliphatic heterocycles. The fraction of sp³-hybridized carbons (Fsp3) is 0.500. The van der Waals surface area contributed by atoms with Crippen molar-refractivity contribution in [2.75, 3.05) is 6.54 Å². The number of amides is 1. The molecular formula is C20H26ClN3O2. The van der Waals surface area contributed by atoms with E-state index in [9.17, 15) is 9.90 Å². The van der Waals surface area contributed by atoms with Gasteiger partial charge < -0.3 is 10.4 Å². The van der Waals surface area contributed by atoms with E-state index in [1.54, 1.807) is 12.1 Å². The van der Waals surface area contributed by atoms with Crippen LogP contribution in [-0.2, 0) is 6.42 Å². The minimum absolute atomic E-state index is 0.259. The van der Waals surface area contributed by atoms with Gasteiger partial charge in [0.15, 0.2) is 0 Å². The summed E-state index contributed by atoms with van der Waals surface area (Å²) in [6, 6.07) is 7.32. The molecule has 1 saturated carbocycles. The molecule has 5 nitrogen and oxygen atoms in total. The molecule has 0 unspecified atom stereocenters. The SMILES string of the molecule is CCc1cc(-c2ccc(Cl)c(C(=O)NCC3(O)CCCCCC3)c2)[nH]n1. The van der Waals surface area contributed by atoms with Crippen molar-refractivity contribution in [2.45, 2.75) is 57.5 Å². The van der Waals surface area contributed by atoms with Gasteiger partial charge in [0.05, 0.1) is 27.6 Å². The Morgan fingerprint density at radius 3 is 2.65 bits per heavy atom. The molecule has 0 spiro atoms. The Morgan fingerprint density at radius 2 is 2.00 bits per heavy atom. The second-order valence-corrected chi connectivity index (χ2v) is 7.55. The molecule has 26 heavy (non-hydrogen) atoms. The van der Waals surface area contributed by atoms with Crippen LogP contribution < -0.4 is 5.32 Å². The molecule has 1 heterocycles. The second-order valence-electron chi connectivity index (χ2n) is 7.14. The zero-order chi connectivity index (χ0) is 18.6. The average Bonchev–Trinajstić information content (AvgIpc) is 3.02. The minimum atomic E-state index is -0.810. The molecule has 1 aromatic heterocycles. The molecule has 1 aliphatic carbocycles. The summed E-state index contributed by atoms with van der Waals surface area (Å²) in [7, 11) is 0. The zero-order valence-electron chi connectivity index (χ0n) is 15.1. The summed E-state index contributed by atoms with van der Waals surface area (Å²) in [6.45, 7) is 2.30. The smallest absolute Gasteiger partial charge is 0.252 e. The average molecular weight is 376 g/mol. The number of aromatic amines is 1. The monoisotopic (exact) mass is 375 g/mol. The van der Waals surface area contributed by atoms with Gasteiger partial charge in [-0.05, 0) is 37.5 Å². The van der Waals surface area contributed by atoms with Crippen LogP contribution in [0.15, 0.2) is 24.3 Å². The van der Waals surface area contributed by atoms with Gasteiger partial charge in [-0.1, -0.05) is 50.3 Å². The number of hydrogen-bond acceptors (Lipinski definition) is 3. The van der Waals surface area contributed by atoms with Crippen LogP contribution in [-0.4, -0.2) is 33.4 Å². The number of hydrogen-bond donors (Lipinski definition) is 3. The first kappa shape index (κ1) is 18.9. The van der Waals surface area contributed by atoms with Gasteiger partial charge in [-0.2, -0.15) is 5.10 Å². The maximum Gasteiger partial charge on any atom is 0.252 e. The largest absolute Gasteiger partial charge is 0.388 e. The number of aromatic nitrogens is 2. The van der Waals surface area contributed by atoms with Crippen molar-refractivity contribution in [3.8, 4) is 11.3 Å². The van der Waals surface area contributed by atoms with Crippen LogP contribution in [0.4, 0.5) is 0 Å². The molecule has 0 atom stereocenters. The van der Waals surface area contributed by atoms with E-state index in [0.717, 1.165) is 61.9 Å². The third-order valence-electron chi connectivity index (χ3n) is 5.13. The first-order valence-corrected chi connectivity index (χ1v) is 9.73. The van der Waals surface area contributed by atoms with Crippen molar-refractivity contribution in [1.29, 1.82) is 0 Å². The summed E-state index contributed by atoms with van der Waals surface area (Å²) in [4.78, 5) is 12.6. The maximum absolute atomic E-state index is 12.6. The van der Waals surface area contributed by atoms with E-state index in [1.165, 1.54) is 0 Å². The fourth-order valence-electron chi connectivity index (χ4n) is 3.46. The molecule has 1 aliphatic rings. The van der Waals surface area contributed by atoms with Crippen molar-refractivity contribution >= 4 is 17.5 Å². The second kappa shape index (κ2) is 8.23. The number of carbonyl (C=O) groups is 1. The lowest BCUT2D eigenvalue weighted by atomic mass is 9.94. The Labute approximate surface area is 159 Å². The fourth-order valence-corrected chi connectivity index (χ4v) is 3.67. The van der Waals surface area contributed by atoms with E-state index < -0.39 is 5.60 Å². The van der Waals surface area contributed by atoms with Crippen LogP contribution in [0.5, 0.6) is 0 Å². The minimum Gasteiger partial charge on any atom is -0.388 e. The summed E-state index contributed by atoms with van der Waals surface area (Å²) >= 11 is 6.24. The summed E-state index contributed by atoms with van der Waals surface area (Å²) < 4.78 is 0. The molecule has 140 valence electrons. The first-order valence-electron chi connectivity index (χ1n) is 9.35. The Kier molecular flexibility index (Phi) is 5.99. The number of rotatable bonds is 5. The highest BCUT2D eigenvalue weighted by Crippen LogP contribution is 2.27. The van der Waals surface area contributed by atoms with Crippen LogP contribution >= 0.6 is 11.6 Å². The van der Waals surface area contributed by atoms with E-state index in [1.807, 2.05) is 19.1 Å². The third-order valence-corrected chi connectivity index (χ3v) is 5.46. The third kappa shape index (κ3) is 4.46. The molecule has 1 aromatic carbocycles. The van der Waals surface area contributed by atoms with E-state index in [4.69, 9.17) is 11.6 Å². The number of benzene rings is 1. The van der Waals surface area contributed by atoms with Crippen molar-refractivity contribution in [2.24, 2.45) is 0 Å². The Hall–Kier alpha value is -1.85. The Morgan fingerprint density at radius 1 is 1.27 bits per heavy atom. The molecule has 0 radical (unpaired) electrons. The highest BCUT2D eigenvalue weighted by atomic mass is 35.5. The van der Waals surface area contributed by atoms with Crippen LogP contribution in [0.2, 0.25) is 5.02 Å². The molecule has 3 N–H and O–H groups in total. The van der Waals surface area contributed by atoms with E-state index in [0.29, 0.717) is 10.6 Å². The van der Waals surface area contributed by atoms with Crippen molar-refractivity contribution in [3.05, 3.63) is 40.5 Å². The van der Waals surface area contributed by atoms with Crippen molar-refractivity contribution in [3.63, 3.8) is 0 Å². The number of aliphatic hydroxyl groups is 1. The van der Waals surface area contributed by atoms with E-state index in [2.05, 4.69) is 15.5 Å².